The molecule has 0 bridgehead atoms. The van der Waals surface area contributed by atoms with E-state index in [1.54, 1.807) is 4.90 Å². The van der Waals surface area contributed by atoms with Crippen molar-refractivity contribution in [3.8, 4) is 0 Å². The Bertz CT molecular complexity index is 468. The maximum Gasteiger partial charge on any atom is 0.223 e. The minimum absolute atomic E-state index is 0.0916. The SMILES string of the molecule is NCCC(=O)N1CCN(C(=O)CCc2ccccc2)CC1. The molecule has 0 aromatic heterocycles. The predicted octanol–water partition coefficient (Wildman–Crippen LogP) is 0.639. The van der Waals surface area contributed by atoms with Gasteiger partial charge in [0.05, 0.1) is 0 Å². The third kappa shape index (κ3) is 4.56. The summed E-state index contributed by atoms with van der Waals surface area (Å²) in [6.07, 6.45) is 1.69. The number of benzene rings is 1. The van der Waals surface area contributed by atoms with Crippen LogP contribution in [-0.4, -0.2) is 54.3 Å². The molecule has 0 aliphatic carbocycles. The first kappa shape index (κ1) is 15.5. The van der Waals surface area contributed by atoms with Crippen molar-refractivity contribution in [2.24, 2.45) is 5.73 Å². The Labute approximate surface area is 125 Å². The maximum absolute atomic E-state index is 12.2. The van der Waals surface area contributed by atoms with E-state index in [2.05, 4.69) is 0 Å². The van der Waals surface area contributed by atoms with Gasteiger partial charge in [-0.05, 0) is 12.0 Å². The Kier molecular flexibility index (Phi) is 5.75. The van der Waals surface area contributed by atoms with Gasteiger partial charge in [0.1, 0.15) is 0 Å². The minimum Gasteiger partial charge on any atom is -0.339 e. The normalized spacial score (nSPS) is 15.1. The number of piperazine rings is 1. The van der Waals surface area contributed by atoms with E-state index in [4.69, 9.17) is 5.73 Å². The summed E-state index contributed by atoms with van der Waals surface area (Å²) >= 11 is 0. The van der Waals surface area contributed by atoms with Gasteiger partial charge in [-0.3, -0.25) is 9.59 Å². The first-order valence-electron chi connectivity index (χ1n) is 7.50. The van der Waals surface area contributed by atoms with E-state index in [9.17, 15) is 9.59 Å². The summed E-state index contributed by atoms with van der Waals surface area (Å²) in [5.74, 6) is 0.263. The van der Waals surface area contributed by atoms with Gasteiger partial charge in [0.2, 0.25) is 11.8 Å². The van der Waals surface area contributed by atoms with Crippen LogP contribution in [0.5, 0.6) is 0 Å². The van der Waals surface area contributed by atoms with Crippen LogP contribution in [-0.2, 0) is 16.0 Å². The van der Waals surface area contributed by atoms with Crippen molar-refractivity contribution in [2.75, 3.05) is 32.7 Å². The van der Waals surface area contributed by atoms with Crippen LogP contribution in [0.2, 0.25) is 0 Å². The summed E-state index contributed by atoms with van der Waals surface area (Å²) in [7, 11) is 0. The molecule has 1 aromatic rings. The summed E-state index contributed by atoms with van der Waals surface area (Å²) in [4.78, 5) is 27.6. The van der Waals surface area contributed by atoms with Gasteiger partial charge in [0.25, 0.3) is 0 Å². The summed E-state index contributed by atoms with van der Waals surface area (Å²) in [6.45, 7) is 2.88. The molecule has 2 amide bonds. The second-order valence-electron chi connectivity index (χ2n) is 5.29. The molecule has 21 heavy (non-hydrogen) atoms. The smallest absolute Gasteiger partial charge is 0.223 e. The van der Waals surface area contributed by atoms with Gasteiger partial charge in [-0.2, -0.15) is 0 Å². The maximum atomic E-state index is 12.2. The molecule has 1 aromatic carbocycles. The molecule has 1 heterocycles. The van der Waals surface area contributed by atoms with Crippen LogP contribution in [0.25, 0.3) is 0 Å². The van der Waals surface area contributed by atoms with E-state index in [0.717, 1.165) is 6.42 Å². The van der Waals surface area contributed by atoms with Crippen LogP contribution < -0.4 is 5.73 Å². The Morgan fingerprint density at radius 2 is 1.43 bits per heavy atom. The first-order chi connectivity index (χ1) is 10.2. The molecule has 0 spiro atoms. The lowest BCUT2D eigenvalue weighted by Crippen LogP contribution is -2.50. The van der Waals surface area contributed by atoms with Crippen molar-refractivity contribution in [2.45, 2.75) is 19.3 Å². The molecular formula is C16H23N3O2. The van der Waals surface area contributed by atoms with Crippen molar-refractivity contribution in [3.05, 3.63) is 35.9 Å². The molecule has 1 fully saturated rings. The third-order valence-electron chi connectivity index (χ3n) is 3.81. The number of carbonyl (C=O) groups excluding carboxylic acids is 2. The van der Waals surface area contributed by atoms with Gasteiger partial charge < -0.3 is 15.5 Å². The van der Waals surface area contributed by atoms with E-state index in [-0.39, 0.29) is 11.8 Å². The summed E-state index contributed by atoms with van der Waals surface area (Å²) in [6, 6.07) is 10.0. The van der Waals surface area contributed by atoms with Crippen molar-refractivity contribution in [1.82, 2.24) is 9.80 Å². The fourth-order valence-electron chi connectivity index (χ4n) is 2.54. The molecule has 2 N–H and O–H groups in total. The molecule has 0 saturated carbocycles. The lowest BCUT2D eigenvalue weighted by Gasteiger charge is -2.35. The van der Waals surface area contributed by atoms with Crippen molar-refractivity contribution < 1.29 is 9.59 Å². The molecule has 114 valence electrons. The molecule has 1 aliphatic rings. The Hall–Kier alpha value is -1.88. The zero-order valence-electron chi connectivity index (χ0n) is 12.3. The number of nitrogens with zero attached hydrogens (tertiary/aromatic N) is 2. The standard InChI is InChI=1S/C16H23N3O2/c17-9-8-16(21)19-12-10-18(11-13-19)15(20)7-6-14-4-2-1-3-5-14/h1-5H,6-13,17H2. The highest BCUT2D eigenvalue weighted by Gasteiger charge is 2.23. The first-order valence-corrected chi connectivity index (χ1v) is 7.50. The van der Waals surface area contributed by atoms with E-state index in [1.165, 1.54) is 5.56 Å². The van der Waals surface area contributed by atoms with Gasteiger partial charge in [-0.1, -0.05) is 30.3 Å². The second kappa shape index (κ2) is 7.78. The molecule has 1 saturated heterocycles. The zero-order chi connectivity index (χ0) is 15.1. The van der Waals surface area contributed by atoms with Crippen LogP contribution >= 0.6 is 0 Å². The second-order valence-corrected chi connectivity index (χ2v) is 5.29. The van der Waals surface area contributed by atoms with Gasteiger partial charge in [-0.15, -0.1) is 0 Å². The van der Waals surface area contributed by atoms with Gasteiger partial charge in [0.15, 0.2) is 0 Å². The predicted molar refractivity (Wildman–Crippen MR) is 81.6 cm³/mol. The molecule has 0 radical (unpaired) electrons. The Morgan fingerprint density at radius 3 is 1.95 bits per heavy atom. The van der Waals surface area contributed by atoms with E-state index in [1.807, 2.05) is 35.2 Å². The highest BCUT2D eigenvalue weighted by Crippen LogP contribution is 2.08. The molecule has 1 aliphatic heterocycles. The van der Waals surface area contributed by atoms with Crippen molar-refractivity contribution >= 4 is 11.8 Å². The highest BCUT2D eigenvalue weighted by molar-refractivity contribution is 5.78. The average Bonchev–Trinajstić information content (AvgIpc) is 2.54. The lowest BCUT2D eigenvalue weighted by atomic mass is 10.1. The van der Waals surface area contributed by atoms with Crippen LogP contribution in [0, 0.1) is 0 Å². The quantitative estimate of drug-likeness (QED) is 0.865. The fraction of sp³-hybridized carbons (Fsp3) is 0.500. The number of hydrogen-bond donors (Lipinski definition) is 1. The van der Waals surface area contributed by atoms with Crippen LogP contribution in [0.1, 0.15) is 18.4 Å². The zero-order valence-corrected chi connectivity index (χ0v) is 12.3. The number of nitrogens with two attached hydrogens (primary N) is 1. The Balaban J connectivity index is 1.74. The number of hydrogen-bond acceptors (Lipinski definition) is 3. The molecule has 5 heteroatoms. The van der Waals surface area contributed by atoms with Crippen LogP contribution in [0.3, 0.4) is 0 Å². The number of amides is 2. The topological polar surface area (TPSA) is 66.6 Å². The monoisotopic (exact) mass is 289 g/mol. The highest BCUT2D eigenvalue weighted by atomic mass is 16.2. The molecule has 2 rings (SSSR count). The van der Waals surface area contributed by atoms with Crippen LogP contribution in [0.15, 0.2) is 30.3 Å². The largest absolute Gasteiger partial charge is 0.339 e. The van der Waals surface area contributed by atoms with E-state index >= 15 is 0 Å². The van der Waals surface area contributed by atoms with E-state index in [0.29, 0.717) is 45.6 Å². The third-order valence-corrected chi connectivity index (χ3v) is 3.81. The number of rotatable bonds is 5. The molecular weight excluding hydrogens is 266 g/mol. The average molecular weight is 289 g/mol. The summed E-state index contributed by atoms with van der Waals surface area (Å²) in [5, 5.41) is 0. The van der Waals surface area contributed by atoms with Gasteiger partial charge in [-0.25, -0.2) is 0 Å². The van der Waals surface area contributed by atoms with Crippen molar-refractivity contribution in [1.29, 1.82) is 0 Å². The molecule has 0 atom stereocenters. The van der Waals surface area contributed by atoms with Gasteiger partial charge >= 0.3 is 0 Å². The number of aryl methyl sites for hydroxylation is 1. The fourth-order valence-corrected chi connectivity index (χ4v) is 2.54. The number of carbonyl (C=O) groups is 2. The summed E-state index contributed by atoms with van der Waals surface area (Å²) in [5.41, 5.74) is 6.58. The Morgan fingerprint density at radius 1 is 0.905 bits per heavy atom. The molecule has 5 nitrogen and oxygen atoms in total. The minimum atomic E-state index is 0.0916. The van der Waals surface area contributed by atoms with E-state index < -0.39 is 0 Å². The lowest BCUT2D eigenvalue weighted by molar-refractivity contribution is -0.139. The molecule has 0 unspecified atom stereocenters. The van der Waals surface area contributed by atoms with Gasteiger partial charge in [0, 0.05) is 45.6 Å². The van der Waals surface area contributed by atoms with Crippen molar-refractivity contribution in [3.63, 3.8) is 0 Å². The summed E-state index contributed by atoms with van der Waals surface area (Å²) < 4.78 is 0. The van der Waals surface area contributed by atoms with Crippen LogP contribution in [0.4, 0.5) is 0 Å².